The molecule has 144 valence electrons. The smallest absolute Gasteiger partial charge is 0.300 e. The molecule has 0 radical (unpaired) electrons. The molecule has 29 heavy (non-hydrogen) atoms. The minimum Gasteiger partial charge on any atom is -0.508 e. The Bertz CT molecular complexity index is 1120. The van der Waals surface area contributed by atoms with Gasteiger partial charge in [0.15, 0.2) is 0 Å². The Morgan fingerprint density at radius 1 is 0.897 bits per heavy atom. The number of hydrogen-bond donors (Lipinski definition) is 2. The molecule has 1 atom stereocenters. The van der Waals surface area contributed by atoms with Gasteiger partial charge < -0.3 is 10.2 Å². The van der Waals surface area contributed by atoms with Gasteiger partial charge in [0, 0.05) is 11.3 Å². The van der Waals surface area contributed by atoms with Crippen LogP contribution in [-0.2, 0) is 9.59 Å². The number of carbonyl (C=O) groups is 2. The first-order chi connectivity index (χ1) is 14.0. The molecule has 1 unspecified atom stereocenters. The predicted molar refractivity (Wildman–Crippen MR) is 106 cm³/mol. The van der Waals surface area contributed by atoms with Gasteiger partial charge in [0.05, 0.1) is 11.6 Å². The number of Topliss-reactive ketones (excluding diaryl/α,β-unsaturated/α-hetero) is 1. The topological polar surface area (TPSA) is 77.8 Å². The molecular formula is C23H16FNO4. The van der Waals surface area contributed by atoms with Gasteiger partial charge in [0.1, 0.15) is 17.3 Å². The molecule has 1 saturated heterocycles. The first kappa shape index (κ1) is 18.4. The Morgan fingerprint density at radius 3 is 2.24 bits per heavy atom. The molecule has 1 aliphatic rings. The number of aliphatic hydroxyl groups excluding tert-OH is 1. The van der Waals surface area contributed by atoms with Crippen molar-refractivity contribution in [2.75, 3.05) is 4.90 Å². The van der Waals surface area contributed by atoms with Gasteiger partial charge >= 0.3 is 0 Å². The maximum atomic E-state index is 13.3. The fraction of sp³-hybridized carbons (Fsp3) is 0.0435. The van der Waals surface area contributed by atoms with Crippen molar-refractivity contribution >= 4 is 23.1 Å². The number of benzene rings is 3. The zero-order valence-corrected chi connectivity index (χ0v) is 15.1. The summed E-state index contributed by atoms with van der Waals surface area (Å²) in [6.07, 6.45) is 0. The molecule has 1 fully saturated rings. The number of carbonyl (C=O) groups excluding carboxylic acids is 2. The zero-order chi connectivity index (χ0) is 20.5. The maximum Gasteiger partial charge on any atom is 0.300 e. The molecule has 4 rings (SSSR count). The van der Waals surface area contributed by atoms with Gasteiger partial charge in [-0.25, -0.2) is 4.39 Å². The molecule has 0 saturated carbocycles. The summed E-state index contributed by atoms with van der Waals surface area (Å²) in [5.74, 6) is -2.59. The van der Waals surface area contributed by atoms with E-state index < -0.39 is 29.3 Å². The number of amides is 1. The number of aromatic hydroxyl groups is 1. The second kappa shape index (κ2) is 7.24. The number of hydrogen-bond acceptors (Lipinski definition) is 4. The van der Waals surface area contributed by atoms with Crippen molar-refractivity contribution in [1.82, 2.24) is 0 Å². The van der Waals surface area contributed by atoms with Crippen LogP contribution in [0.3, 0.4) is 0 Å². The fourth-order valence-electron chi connectivity index (χ4n) is 3.46. The lowest BCUT2D eigenvalue weighted by Crippen LogP contribution is -2.29. The van der Waals surface area contributed by atoms with E-state index in [9.17, 15) is 24.2 Å². The minimum atomic E-state index is -0.949. The van der Waals surface area contributed by atoms with Crippen molar-refractivity contribution in [2.45, 2.75) is 6.04 Å². The number of ketones is 1. The third kappa shape index (κ3) is 3.25. The highest BCUT2D eigenvalue weighted by molar-refractivity contribution is 6.51. The minimum absolute atomic E-state index is 0.0390. The summed E-state index contributed by atoms with van der Waals surface area (Å²) in [6, 6.07) is 18.8. The molecule has 6 heteroatoms. The number of rotatable bonds is 3. The molecule has 1 heterocycles. The molecule has 0 aliphatic carbocycles. The molecular weight excluding hydrogens is 373 g/mol. The van der Waals surface area contributed by atoms with Crippen molar-refractivity contribution in [3.8, 4) is 5.75 Å². The van der Waals surface area contributed by atoms with Crippen LogP contribution >= 0.6 is 0 Å². The maximum absolute atomic E-state index is 13.3. The molecule has 1 amide bonds. The third-order valence-electron chi connectivity index (χ3n) is 4.78. The van der Waals surface area contributed by atoms with Gasteiger partial charge in [-0.2, -0.15) is 0 Å². The number of para-hydroxylation sites is 1. The van der Waals surface area contributed by atoms with E-state index in [-0.39, 0.29) is 16.9 Å². The first-order valence-electron chi connectivity index (χ1n) is 8.88. The van der Waals surface area contributed by atoms with Crippen molar-refractivity contribution in [3.05, 3.63) is 101 Å². The summed E-state index contributed by atoms with van der Waals surface area (Å²) in [6.45, 7) is 0. The standard InChI is InChI=1S/C23H16FNO4/c24-16-11-9-14(10-12-16)21(27)19-20(15-5-4-8-18(26)13-15)25(23(29)22(19)28)17-6-2-1-3-7-17/h1-13,20,26-27H/b21-19-. The molecule has 3 aromatic carbocycles. The Labute approximate surface area is 166 Å². The Hall–Kier alpha value is -3.93. The van der Waals surface area contributed by atoms with Gasteiger partial charge in [-0.3, -0.25) is 14.5 Å². The highest BCUT2D eigenvalue weighted by Gasteiger charge is 2.47. The molecule has 3 aromatic rings. The van der Waals surface area contributed by atoms with E-state index in [4.69, 9.17) is 0 Å². The number of nitrogens with zero attached hydrogens (tertiary/aromatic N) is 1. The monoisotopic (exact) mass is 389 g/mol. The van der Waals surface area contributed by atoms with Crippen molar-refractivity contribution in [2.24, 2.45) is 0 Å². The lowest BCUT2D eigenvalue weighted by Gasteiger charge is -2.25. The van der Waals surface area contributed by atoms with E-state index >= 15 is 0 Å². The van der Waals surface area contributed by atoms with E-state index in [1.54, 1.807) is 42.5 Å². The number of aliphatic hydroxyl groups is 1. The summed E-state index contributed by atoms with van der Waals surface area (Å²) in [4.78, 5) is 27.1. The fourth-order valence-corrected chi connectivity index (χ4v) is 3.46. The molecule has 0 spiro atoms. The van der Waals surface area contributed by atoms with Gasteiger partial charge in [-0.05, 0) is 54.1 Å². The molecule has 2 N–H and O–H groups in total. The number of halogens is 1. The quantitative estimate of drug-likeness (QED) is 0.401. The summed E-state index contributed by atoms with van der Waals surface area (Å²) in [5.41, 5.74) is 1.01. The van der Waals surface area contributed by atoms with Crippen LogP contribution < -0.4 is 4.90 Å². The molecule has 5 nitrogen and oxygen atoms in total. The van der Waals surface area contributed by atoms with Crippen LogP contribution in [-0.4, -0.2) is 21.9 Å². The lowest BCUT2D eigenvalue weighted by atomic mass is 9.95. The summed E-state index contributed by atoms with van der Waals surface area (Å²) in [7, 11) is 0. The normalized spacial score (nSPS) is 18.2. The second-order valence-electron chi connectivity index (χ2n) is 6.61. The highest BCUT2D eigenvalue weighted by Crippen LogP contribution is 2.42. The molecule has 0 bridgehead atoms. The third-order valence-corrected chi connectivity index (χ3v) is 4.78. The molecule has 0 aromatic heterocycles. The number of phenolic OH excluding ortho intramolecular Hbond substituents is 1. The zero-order valence-electron chi connectivity index (χ0n) is 15.1. The highest BCUT2D eigenvalue weighted by atomic mass is 19.1. The average Bonchev–Trinajstić information content (AvgIpc) is 2.99. The van der Waals surface area contributed by atoms with E-state index in [0.29, 0.717) is 11.3 Å². The van der Waals surface area contributed by atoms with E-state index in [1.807, 2.05) is 0 Å². The lowest BCUT2D eigenvalue weighted by molar-refractivity contribution is -0.132. The van der Waals surface area contributed by atoms with Crippen molar-refractivity contribution < 1.29 is 24.2 Å². The second-order valence-corrected chi connectivity index (χ2v) is 6.61. The van der Waals surface area contributed by atoms with Crippen LogP contribution in [0, 0.1) is 5.82 Å². The first-order valence-corrected chi connectivity index (χ1v) is 8.88. The summed E-state index contributed by atoms with van der Waals surface area (Å²) in [5, 5.41) is 20.8. The molecule has 1 aliphatic heterocycles. The van der Waals surface area contributed by atoms with Crippen molar-refractivity contribution in [1.29, 1.82) is 0 Å². The van der Waals surface area contributed by atoms with Gasteiger partial charge in [0.2, 0.25) is 0 Å². The van der Waals surface area contributed by atoms with Crippen molar-refractivity contribution in [3.63, 3.8) is 0 Å². The number of anilines is 1. The predicted octanol–water partition coefficient (Wildman–Crippen LogP) is 4.16. The van der Waals surface area contributed by atoms with E-state index in [1.165, 1.54) is 29.2 Å². The summed E-state index contributed by atoms with van der Waals surface area (Å²) >= 11 is 0. The Morgan fingerprint density at radius 2 is 1.59 bits per heavy atom. The van der Waals surface area contributed by atoms with Crippen LogP contribution in [0.1, 0.15) is 17.2 Å². The van der Waals surface area contributed by atoms with Crippen LogP contribution in [0.25, 0.3) is 5.76 Å². The van der Waals surface area contributed by atoms with Crippen LogP contribution in [0.5, 0.6) is 5.75 Å². The average molecular weight is 389 g/mol. The largest absolute Gasteiger partial charge is 0.508 e. The Kier molecular flexibility index (Phi) is 4.60. The van der Waals surface area contributed by atoms with Gasteiger partial charge in [-0.1, -0.05) is 30.3 Å². The number of phenols is 1. The van der Waals surface area contributed by atoms with E-state index in [0.717, 1.165) is 12.1 Å². The SMILES string of the molecule is O=C1C(=O)N(c2ccccc2)C(c2cccc(O)c2)/C1=C(/O)c1ccc(F)cc1. The summed E-state index contributed by atoms with van der Waals surface area (Å²) < 4.78 is 13.3. The van der Waals surface area contributed by atoms with Crippen LogP contribution in [0.4, 0.5) is 10.1 Å². The van der Waals surface area contributed by atoms with Gasteiger partial charge in [0.25, 0.3) is 11.7 Å². The van der Waals surface area contributed by atoms with Crippen LogP contribution in [0.15, 0.2) is 84.4 Å². The Balaban J connectivity index is 1.95. The van der Waals surface area contributed by atoms with Crippen LogP contribution in [0.2, 0.25) is 0 Å². The van der Waals surface area contributed by atoms with Gasteiger partial charge in [-0.15, -0.1) is 0 Å². The van der Waals surface area contributed by atoms with E-state index in [2.05, 4.69) is 0 Å².